The van der Waals surface area contributed by atoms with E-state index in [0.717, 1.165) is 17.6 Å². The van der Waals surface area contributed by atoms with Gasteiger partial charge in [0.1, 0.15) is 11.9 Å². The van der Waals surface area contributed by atoms with E-state index in [4.69, 9.17) is 29.7 Å². The van der Waals surface area contributed by atoms with Gasteiger partial charge in [-0.15, -0.1) is 11.3 Å². The Bertz CT molecular complexity index is 888. The van der Waals surface area contributed by atoms with E-state index in [-0.39, 0.29) is 11.6 Å². The van der Waals surface area contributed by atoms with Crippen LogP contribution in [0.1, 0.15) is 31.2 Å². The lowest BCUT2D eigenvalue weighted by Gasteiger charge is -2.26. The number of nitrogens with two attached hydrogens (primary N) is 1. The maximum Gasteiger partial charge on any atom is 0.466 e. The molecular formula is C19H24NO5PS. The van der Waals surface area contributed by atoms with Gasteiger partial charge in [0.2, 0.25) is 0 Å². The molecule has 146 valence electrons. The number of fused-ring (bicyclic) bond motifs is 1. The van der Waals surface area contributed by atoms with Crippen LogP contribution in [0.2, 0.25) is 0 Å². The number of hydrogen-bond donors (Lipinski definition) is 4. The molecule has 0 aliphatic carbocycles. The topological polar surface area (TPSA) is 113 Å². The van der Waals surface area contributed by atoms with Crippen LogP contribution in [0.15, 0.2) is 60.0 Å². The standard InChI is InChI=1S/C19H21NOS.H3O4P/c1-19(2,20)13-17(18-11-6-12-22-18)21-16-10-5-8-14-7-3-4-9-15(14)16;1-5(2,3)4/h3-12,17H,13,20H2,1-2H3;(H3,1,2,3,4). The van der Waals surface area contributed by atoms with E-state index in [9.17, 15) is 0 Å². The minimum Gasteiger partial charge on any atom is -0.484 e. The van der Waals surface area contributed by atoms with Crippen LogP contribution in [0.25, 0.3) is 10.8 Å². The van der Waals surface area contributed by atoms with Crippen LogP contribution in [0.4, 0.5) is 0 Å². The van der Waals surface area contributed by atoms with E-state index in [2.05, 4.69) is 35.7 Å². The predicted molar refractivity (Wildman–Crippen MR) is 109 cm³/mol. The van der Waals surface area contributed by atoms with Crippen LogP contribution < -0.4 is 10.5 Å². The molecule has 0 amide bonds. The van der Waals surface area contributed by atoms with Crippen LogP contribution in [-0.2, 0) is 4.57 Å². The normalized spacial score (nSPS) is 13.0. The van der Waals surface area contributed by atoms with E-state index >= 15 is 0 Å². The summed E-state index contributed by atoms with van der Waals surface area (Å²) in [5.41, 5.74) is 5.95. The zero-order valence-corrected chi connectivity index (χ0v) is 16.9. The molecule has 0 saturated carbocycles. The van der Waals surface area contributed by atoms with Gasteiger partial charge in [0, 0.05) is 22.2 Å². The van der Waals surface area contributed by atoms with Gasteiger partial charge >= 0.3 is 7.82 Å². The molecule has 1 atom stereocenters. The first kappa shape index (κ1) is 21.6. The number of thiophene rings is 1. The van der Waals surface area contributed by atoms with E-state index < -0.39 is 7.82 Å². The molecule has 8 heteroatoms. The average Bonchev–Trinajstić information content (AvgIpc) is 3.06. The molecule has 27 heavy (non-hydrogen) atoms. The first-order valence-electron chi connectivity index (χ1n) is 8.28. The molecule has 1 heterocycles. The minimum absolute atomic E-state index is 0.0224. The number of phosphoric acid groups is 1. The summed E-state index contributed by atoms with van der Waals surface area (Å²) < 4.78 is 15.3. The smallest absolute Gasteiger partial charge is 0.466 e. The highest BCUT2D eigenvalue weighted by molar-refractivity contribution is 7.45. The minimum atomic E-state index is -4.64. The molecule has 6 nitrogen and oxygen atoms in total. The fraction of sp³-hybridized carbons (Fsp3) is 0.263. The molecule has 1 unspecified atom stereocenters. The van der Waals surface area contributed by atoms with Crippen molar-refractivity contribution in [3.8, 4) is 5.75 Å². The Morgan fingerprint density at radius 3 is 2.30 bits per heavy atom. The summed E-state index contributed by atoms with van der Waals surface area (Å²) in [7, 11) is -4.64. The summed E-state index contributed by atoms with van der Waals surface area (Å²) in [5, 5.41) is 4.41. The van der Waals surface area contributed by atoms with Crippen LogP contribution in [0, 0.1) is 0 Å². The number of benzene rings is 2. The van der Waals surface area contributed by atoms with Crippen LogP contribution in [-0.4, -0.2) is 20.2 Å². The maximum atomic E-state index is 8.88. The highest BCUT2D eigenvalue weighted by Crippen LogP contribution is 2.34. The van der Waals surface area contributed by atoms with Gasteiger partial charge in [-0.3, -0.25) is 0 Å². The van der Waals surface area contributed by atoms with Gasteiger partial charge in [0.15, 0.2) is 0 Å². The lowest BCUT2D eigenvalue weighted by molar-refractivity contribution is 0.173. The lowest BCUT2D eigenvalue weighted by atomic mass is 9.97. The van der Waals surface area contributed by atoms with Gasteiger partial charge in [-0.1, -0.05) is 42.5 Å². The van der Waals surface area contributed by atoms with Crippen molar-refractivity contribution in [2.24, 2.45) is 5.73 Å². The third-order valence-electron chi connectivity index (χ3n) is 3.59. The molecule has 1 aromatic heterocycles. The van der Waals surface area contributed by atoms with Gasteiger partial charge in [0.25, 0.3) is 0 Å². The summed E-state index contributed by atoms with van der Waals surface area (Å²) in [6.45, 7) is 4.08. The Labute approximate surface area is 162 Å². The molecule has 5 N–H and O–H groups in total. The third-order valence-corrected chi connectivity index (χ3v) is 4.56. The molecule has 2 aromatic carbocycles. The number of rotatable bonds is 5. The van der Waals surface area contributed by atoms with Gasteiger partial charge in [0.05, 0.1) is 0 Å². The average molecular weight is 409 g/mol. The summed E-state index contributed by atoms with van der Waals surface area (Å²) in [4.78, 5) is 22.8. The molecular weight excluding hydrogens is 385 g/mol. The number of ether oxygens (including phenoxy) is 1. The Morgan fingerprint density at radius 2 is 1.70 bits per heavy atom. The molecule has 0 radical (unpaired) electrons. The zero-order valence-electron chi connectivity index (χ0n) is 15.1. The summed E-state index contributed by atoms with van der Waals surface area (Å²) >= 11 is 1.72. The summed E-state index contributed by atoms with van der Waals surface area (Å²) in [6, 6.07) is 18.7. The Kier molecular flexibility index (Phi) is 7.17. The maximum absolute atomic E-state index is 8.88. The van der Waals surface area contributed by atoms with Crippen LogP contribution in [0.5, 0.6) is 5.75 Å². The highest BCUT2D eigenvalue weighted by atomic mass is 32.1. The van der Waals surface area contributed by atoms with Crippen molar-refractivity contribution in [1.82, 2.24) is 0 Å². The largest absolute Gasteiger partial charge is 0.484 e. The van der Waals surface area contributed by atoms with Crippen molar-refractivity contribution in [3.63, 3.8) is 0 Å². The fourth-order valence-electron chi connectivity index (χ4n) is 2.60. The first-order valence-corrected chi connectivity index (χ1v) is 10.7. The molecule has 3 aromatic rings. The molecule has 0 spiro atoms. The second kappa shape index (κ2) is 8.97. The molecule has 0 aliphatic rings. The third kappa shape index (κ3) is 7.81. The van der Waals surface area contributed by atoms with Crippen molar-refractivity contribution in [1.29, 1.82) is 0 Å². The van der Waals surface area contributed by atoms with E-state index in [1.165, 1.54) is 10.3 Å². The Morgan fingerprint density at radius 1 is 1.07 bits per heavy atom. The lowest BCUT2D eigenvalue weighted by Crippen LogP contribution is -2.35. The molecule has 0 aliphatic heterocycles. The molecule has 0 bridgehead atoms. The monoisotopic (exact) mass is 409 g/mol. The van der Waals surface area contributed by atoms with Crippen molar-refractivity contribution < 1.29 is 24.0 Å². The van der Waals surface area contributed by atoms with Crippen LogP contribution >= 0.6 is 19.2 Å². The fourth-order valence-corrected chi connectivity index (χ4v) is 3.36. The Hall–Kier alpha value is -1.73. The molecule has 3 rings (SSSR count). The summed E-state index contributed by atoms with van der Waals surface area (Å²) in [5.74, 6) is 0.917. The first-order chi connectivity index (χ1) is 12.5. The van der Waals surface area contributed by atoms with Gasteiger partial charge in [-0.2, -0.15) is 0 Å². The summed E-state index contributed by atoms with van der Waals surface area (Å²) in [6.07, 6.45) is 0.752. The van der Waals surface area contributed by atoms with E-state index in [0.29, 0.717) is 0 Å². The van der Waals surface area contributed by atoms with E-state index in [1.54, 1.807) is 11.3 Å². The van der Waals surface area contributed by atoms with Crippen LogP contribution in [0.3, 0.4) is 0 Å². The highest BCUT2D eigenvalue weighted by Gasteiger charge is 2.23. The van der Waals surface area contributed by atoms with Gasteiger partial charge in [-0.05, 0) is 36.7 Å². The molecule has 0 saturated heterocycles. The van der Waals surface area contributed by atoms with Crippen molar-refractivity contribution in [2.75, 3.05) is 0 Å². The predicted octanol–water partition coefficient (Wildman–Crippen LogP) is 4.22. The SMILES string of the molecule is CC(C)(N)CC(Oc1cccc2ccccc12)c1cccs1.O=P(O)(O)O. The second-order valence-corrected chi connectivity index (χ2v) is 8.81. The van der Waals surface area contributed by atoms with Crippen molar-refractivity contribution in [3.05, 3.63) is 64.9 Å². The Balaban J connectivity index is 0.000000465. The van der Waals surface area contributed by atoms with E-state index in [1.807, 2.05) is 38.1 Å². The second-order valence-electron chi connectivity index (χ2n) is 6.81. The van der Waals surface area contributed by atoms with Crippen molar-refractivity contribution in [2.45, 2.75) is 31.9 Å². The molecule has 0 fully saturated rings. The van der Waals surface area contributed by atoms with Gasteiger partial charge < -0.3 is 25.2 Å². The quantitative estimate of drug-likeness (QED) is 0.469. The van der Waals surface area contributed by atoms with Crippen molar-refractivity contribution >= 4 is 29.9 Å². The zero-order chi connectivity index (χ0) is 20.1. The van der Waals surface area contributed by atoms with Gasteiger partial charge in [-0.25, -0.2) is 4.57 Å². The number of hydrogen-bond acceptors (Lipinski definition) is 4.